The quantitative estimate of drug-likeness (QED) is 0.789. The van der Waals surface area contributed by atoms with Crippen LogP contribution >= 0.6 is 0 Å². The van der Waals surface area contributed by atoms with Crippen molar-refractivity contribution >= 4 is 0 Å². The number of nitrogens with one attached hydrogen (secondary N) is 1. The maximum atomic E-state index is 13.4. The third-order valence-electron chi connectivity index (χ3n) is 3.04. The molecule has 1 aromatic rings. The average molecular weight is 238 g/mol. The van der Waals surface area contributed by atoms with Crippen molar-refractivity contribution < 1.29 is 4.39 Å². The predicted molar refractivity (Wildman–Crippen MR) is 69.4 cm³/mol. The molecule has 3 heteroatoms. The van der Waals surface area contributed by atoms with Gasteiger partial charge in [-0.3, -0.25) is 4.98 Å². The maximum absolute atomic E-state index is 13.4. The van der Waals surface area contributed by atoms with Gasteiger partial charge in [0.2, 0.25) is 0 Å². The van der Waals surface area contributed by atoms with Gasteiger partial charge >= 0.3 is 0 Å². The lowest BCUT2D eigenvalue weighted by Crippen LogP contribution is -2.34. The second kappa shape index (κ2) is 7.38. The number of aromatic nitrogens is 1. The summed E-state index contributed by atoms with van der Waals surface area (Å²) in [5.41, 5.74) is 0.768. The SMILES string of the molecule is CCCNC(CCc1ccncc1F)C(C)C. The largest absolute Gasteiger partial charge is 0.314 e. The van der Waals surface area contributed by atoms with Crippen molar-refractivity contribution in [3.05, 3.63) is 29.8 Å². The van der Waals surface area contributed by atoms with E-state index in [4.69, 9.17) is 0 Å². The standard InChI is InChI=1S/C14H23FN2/c1-4-8-17-14(11(2)3)6-5-12-7-9-16-10-13(12)15/h7,9-11,14,17H,4-6,8H2,1-3H3. The van der Waals surface area contributed by atoms with Crippen molar-refractivity contribution in [3.8, 4) is 0 Å². The number of hydrogen-bond donors (Lipinski definition) is 1. The van der Waals surface area contributed by atoms with E-state index in [1.165, 1.54) is 6.20 Å². The molecule has 17 heavy (non-hydrogen) atoms. The van der Waals surface area contributed by atoms with Gasteiger partial charge in [-0.25, -0.2) is 4.39 Å². The Morgan fingerprint density at radius 2 is 2.18 bits per heavy atom. The molecule has 0 amide bonds. The molecule has 0 fully saturated rings. The van der Waals surface area contributed by atoms with E-state index in [1.807, 2.05) is 0 Å². The van der Waals surface area contributed by atoms with Crippen molar-refractivity contribution in [1.82, 2.24) is 10.3 Å². The highest BCUT2D eigenvalue weighted by Crippen LogP contribution is 2.13. The lowest BCUT2D eigenvalue weighted by molar-refractivity contribution is 0.376. The van der Waals surface area contributed by atoms with E-state index in [0.717, 1.165) is 31.4 Å². The molecule has 1 aromatic heterocycles. The van der Waals surface area contributed by atoms with Crippen molar-refractivity contribution in [2.24, 2.45) is 5.92 Å². The van der Waals surface area contributed by atoms with Crippen molar-refractivity contribution in [3.63, 3.8) is 0 Å². The van der Waals surface area contributed by atoms with Crippen LogP contribution in [0.2, 0.25) is 0 Å². The number of hydrogen-bond acceptors (Lipinski definition) is 2. The van der Waals surface area contributed by atoms with Crippen LogP contribution in [0, 0.1) is 11.7 Å². The highest BCUT2D eigenvalue weighted by Gasteiger charge is 2.13. The van der Waals surface area contributed by atoms with Crippen LogP contribution in [0.3, 0.4) is 0 Å². The smallest absolute Gasteiger partial charge is 0.144 e. The fourth-order valence-corrected chi connectivity index (χ4v) is 1.92. The highest BCUT2D eigenvalue weighted by molar-refractivity contribution is 5.12. The van der Waals surface area contributed by atoms with Crippen LogP contribution < -0.4 is 5.32 Å². The number of pyridine rings is 1. The molecule has 0 bridgehead atoms. The average Bonchev–Trinajstić information content (AvgIpc) is 2.31. The van der Waals surface area contributed by atoms with Crippen LogP contribution in [0.1, 0.15) is 39.2 Å². The normalized spacial score (nSPS) is 13.0. The Bertz CT molecular complexity index is 326. The molecule has 0 aliphatic carbocycles. The third-order valence-corrected chi connectivity index (χ3v) is 3.04. The molecule has 0 saturated heterocycles. The minimum Gasteiger partial charge on any atom is -0.314 e. The van der Waals surface area contributed by atoms with Gasteiger partial charge in [-0.15, -0.1) is 0 Å². The fourth-order valence-electron chi connectivity index (χ4n) is 1.92. The van der Waals surface area contributed by atoms with E-state index in [2.05, 4.69) is 31.1 Å². The van der Waals surface area contributed by atoms with Gasteiger partial charge in [0, 0.05) is 12.2 Å². The summed E-state index contributed by atoms with van der Waals surface area (Å²) in [6, 6.07) is 2.23. The summed E-state index contributed by atoms with van der Waals surface area (Å²) in [6.45, 7) is 7.60. The molecule has 0 saturated carbocycles. The Morgan fingerprint density at radius 3 is 2.76 bits per heavy atom. The topological polar surface area (TPSA) is 24.9 Å². The molecule has 1 rings (SSSR count). The van der Waals surface area contributed by atoms with Gasteiger partial charge in [0.15, 0.2) is 0 Å². The van der Waals surface area contributed by atoms with Gasteiger partial charge in [-0.1, -0.05) is 20.8 Å². The van der Waals surface area contributed by atoms with Crippen LogP contribution in [-0.4, -0.2) is 17.6 Å². The third kappa shape index (κ3) is 4.82. The molecule has 1 atom stereocenters. The molecule has 0 aliphatic rings. The monoisotopic (exact) mass is 238 g/mol. The summed E-state index contributed by atoms with van der Waals surface area (Å²) >= 11 is 0. The Hall–Kier alpha value is -0.960. The molecule has 1 unspecified atom stereocenters. The number of halogens is 1. The summed E-state index contributed by atoms with van der Waals surface area (Å²) in [4.78, 5) is 3.77. The van der Waals surface area contributed by atoms with E-state index >= 15 is 0 Å². The minimum atomic E-state index is -0.189. The minimum absolute atomic E-state index is 0.189. The maximum Gasteiger partial charge on any atom is 0.144 e. The first-order valence-electron chi connectivity index (χ1n) is 6.47. The first-order chi connectivity index (χ1) is 8.15. The van der Waals surface area contributed by atoms with Gasteiger partial charge < -0.3 is 5.32 Å². The molecule has 0 spiro atoms. The predicted octanol–water partition coefficient (Wildman–Crippen LogP) is 3.18. The Kier molecular flexibility index (Phi) is 6.12. The van der Waals surface area contributed by atoms with Crippen LogP contribution in [0.4, 0.5) is 4.39 Å². The number of nitrogens with zero attached hydrogens (tertiary/aromatic N) is 1. The lowest BCUT2D eigenvalue weighted by atomic mass is 9.96. The zero-order chi connectivity index (χ0) is 12.7. The number of aryl methyl sites for hydroxylation is 1. The Morgan fingerprint density at radius 1 is 1.41 bits per heavy atom. The fraction of sp³-hybridized carbons (Fsp3) is 0.643. The van der Waals surface area contributed by atoms with Crippen molar-refractivity contribution in [2.75, 3.05) is 6.54 Å². The van der Waals surface area contributed by atoms with Gasteiger partial charge in [-0.2, -0.15) is 0 Å². The summed E-state index contributed by atoms with van der Waals surface area (Å²) in [5.74, 6) is 0.386. The summed E-state index contributed by atoms with van der Waals surface area (Å²) in [6.07, 6.45) is 5.82. The van der Waals surface area contributed by atoms with Crippen LogP contribution in [0.15, 0.2) is 18.5 Å². The first-order valence-corrected chi connectivity index (χ1v) is 6.47. The molecule has 1 heterocycles. The molecule has 1 N–H and O–H groups in total. The van der Waals surface area contributed by atoms with Gasteiger partial charge in [-0.05, 0) is 43.4 Å². The van der Waals surface area contributed by atoms with E-state index in [0.29, 0.717) is 12.0 Å². The van der Waals surface area contributed by atoms with Crippen molar-refractivity contribution in [2.45, 2.75) is 46.1 Å². The molecule has 96 valence electrons. The zero-order valence-electron chi connectivity index (χ0n) is 11.0. The van der Waals surface area contributed by atoms with Gasteiger partial charge in [0.05, 0.1) is 6.20 Å². The second-order valence-corrected chi connectivity index (χ2v) is 4.81. The van der Waals surface area contributed by atoms with E-state index in [-0.39, 0.29) is 5.82 Å². The summed E-state index contributed by atoms with van der Waals surface area (Å²) in [5, 5.41) is 3.52. The number of rotatable bonds is 7. The Balaban J connectivity index is 2.49. The van der Waals surface area contributed by atoms with E-state index < -0.39 is 0 Å². The lowest BCUT2D eigenvalue weighted by Gasteiger charge is -2.22. The van der Waals surface area contributed by atoms with Crippen LogP contribution in [0.25, 0.3) is 0 Å². The molecule has 2 nitrogen and oxygen atoms in total. The second-order valence-electron chi connectivity index (χ2n) is 4.81. The van der Waals surface area contributed by atoms with E-state index in [9.17, 15) is 4.39 Å². The van der Waals surface area contributed by atoms with Gasteiger partial charge in [0.25, 0.3) is 0 Å². The Labute approximate surface area is 104 Å². The van der Waals surface area contributed by atoms with Crippen LogP contribution in [-0.2, 0) is 6.42 Å². The molecule has 0 aliphatic heterocycles. The van der Waals surface area contributed by atoms with E-state index in [1.54, 1.807) is 12.3 Å². The van der Waals surface area contributed by atoms with Crippen molar-refractivity contribution in [1.29, 1.82) is 0 Å². The molecular formula is C14H23FN2. The zero-order valence-corrected chi connectivity index (χ0v) is 11.0. The first kappa shape index (κ1) is 14.1. The molecule has 0 radical (unpaired) electrons. The van der Waals surface area contributed by atoms with Gasteiger partial charge in [0.1, 0.15) is 5.82 Å². The van der Waals surface area contributed by atoms with Crippen LogP contribution in [0.5, 0.6) is 0 Å². The summed E-state index contributed by atoms with van der Waals surface area (Å²) < 4.78 is 13.4. The molecular weight excluding hydrogens is 215 g/mol. The summed E-state index contributed by atoms with van der Waals surface area (Å²) in [7, 11) is 0. The molecule has 0 aromatic carbocycles. The highest BCUT2D eigenvalue weighted by atomic mass is 19.1.